The normalized spacial score (nSPS) is 12.8. The van der Waals surface area contributed by atoms with Crippen molar-refractivity contribution >= 4 is 27.8 Å². The molecular weight excluding hydrogens is 742 g/mol. The van der Waals surface area contributed by atoms with Crippen LogP contribution < -0.4 is 4.90 Å². The summed E-state index contributed by atoms with van der Waals surface area (Å²) in [5.74, 6) is -0.241. The van der Waals surface area contributed by atoms with Gasteiger partial charge in [-0.3, -0.25) is 0 Å². The third-order valence-corrected chi connectivity index (χ3v) is 12.9. The van der Waals surface area contributed by atoms with Crippen molar-refractivity contribution < 1.29 is 4.39 Å². The van der Waals surface area contributed by atoms with Crippen molar-refractivity contribution in [2.75, 3.05) is 4.90 Å². The van der Waals surface area contributed by atoms with Gasteiger partial charge in [0, 0.05) is 16.9 Å². The first-order valence-electron chi connectivity index (χ1n) is 20.9. The highest BCUT2D eigenvalue weighted by molar-refractivity contribution is 6.07. The zero-order valence-corrected chi connectivity index (χ0v) is 33.3. The summed E-state index contributed by atoms with van der Waals surface area (Å²) in [6.45, 7) is 0. The Morgan fingerprint density at radius 3 is 1.43 bits per heavy atom. The molecule has 2 aliphatic rings. The van der Waals surface area contributed by atoms with Crippen molar-refractivity contribution in [1.29, 1.82) is 0 Å². The highest BCUT2D eigenvalue weighted by Gasteiger charge is 2.51. The Morgan fingerprint density at radius 2 is 0.787 bits per heavy atom. The molecule has 10 aromatic rings. The average Bonchev–Trinajstić information content (AvgIpc) is 3.79. The SMILES string of the molecule is Fc1cccc(-c2cccc3cccc(-c4ccc(N(c5ccc6c(c5)C5(c7ccccc7-c7ccccc75)c5ccccc5-6)c5ccccc5-c5ccccc5)cc4)c23)c1. The molecule has 0 amide bonds. The fraction of sp³-hybridized carbons (Fsp3) is 0.0169. The molecule has 0 aromatic heterocycles. The number of hydrogen-bond acceptors (Lipinski definition) is 1. The third-order valence-electron chi connectivity index (χ3n) is 12.9. The van der Waals surface area contributed by atoms with Gasteiger partial charge in [0.05, 0.1) is 11.1 Å². The third kappa shape index (κ3) is 5.32. The molecule has 1 spiro atoms. The fourth-order valence-corrected chi connectivity index (χ4v) is 10.4. The first kappa shape index (κ1) is 35.2. The number of benzene rings is 10. The summed E-state index contributed by atoms with van der Waals surface area (Å²) in [6, 6.07) is 82.0. The lowest BCUT2D eigenvalue weighted by Gasteiger charge is -2.32. The van der Waals surface area contributed by atoms with Gasteiger partial charge in [-0.1, -0.05) is 188 Å². The number of anilines is 3. The molecule has 0 radical (unpaired) electrons. The van der Waals surface area contributed by atoms with Crippen molar-refractivity contribution in [3.05, 3.63) is 259 Å². The Balaban J connectivity index is 1.07. The van der Waals surface area contributed by atoms with Gasteiger partial charge >= 0.3 is 0 Å². The Labute approximate surface area is 355 Å². The van der Waals surface area contributed by atoms with Gasteiger partial charge in [-0.05, 0) is 126 Å². The molecule has 1 nitrogen and oxygen atoms in total. The van der Waals surface area contributed by atoms with Crippen LogP contribution in [0.5, 0.6) is 0 Å². The summed E-state index contributed by atoms with van der Waals surface area (Å²) in [6.07, 6.45) is 0. The van der Waals surface area contributed by atoms with Crippen LogP contribution in [-0.2, 0) is 5.41 Å². The standard InChI is InChI=1S/C59H38FN/c60-43-20-12-19-42(37-43)48-26-14-18-41-17-13-25-47(58(41)48)40-31-33-44(34-32-40)61(57-30-11-7-21-46(57)39-15-2-1-3-16-39)45-35-36-52-51-24-6-10-29-55(51)59(56(52)38-45)53-27-8-4-22-49(53)50-23-5-9-28-54(50)59/h1-38H. The first-order valence-corrected chi connectivity index (χ1v) is 20.9. The second kappa shape index (κ2) is 13.9. The summed E-state index contributed by atoms with van der Waals surface area (Å²) in [5.41, 5.74) is 19.6. The Hall–Kier alpha value is -7.81. The van der Waals surface area contributed by atoms with Crippen molar-refractivity contribution in [3.63, 3.8) is 0 Å². The largest absolute Gasteiger partial charge is 0.310 e. The van der Waals surface area contributed by atoms with E-state index in [9.17, 15) is 4.39 Å². The Morgan fingerprint density at radius 1 is 0.311 bits per heavy atom. The van der Waals surface area contributed by atoms with Crippen LogP contribution in [0.4, 0.5) is 21.5 Å². The molecule has 0 saturated heterocycles. The second-order valence-electron chi connectivity index (χ2n) is 16.1. The summed E-state index contributed by atoms with van der Waals surface area (Å²) in [5, 5.41) is 2.22. The predicted molar refractivity (Wildman–Crippen MR) is 251 cm³/mol. The van der Waals surface area contributed by atoms with Crippen molar-refractivity contribution in [2.24, 2.45) is 0 Å². The van der Waals surface area contributed by atoms with Gasteiger partial charge in [-0.2, -0.15) is 0 Å². The predicted octanol–water partition coefficient (Wildman–Crippen LogP) is 15.8. The number of rotatable bonds is 6. The number of para-hydroxylation sites is 1. The van der Waals surface area contributed by atoms with E-state index in [4.69, 9.17) is 0 Å². The monoisotopic (exact) mass is 779 g/mol. The van der Waals surface area contributed by atoms with Gasteiger partial charge in [0.15, 0.2) is 0 Å². The van der Waals surface area contributed by atoms with Crippen LogP contribution in [-0.4, -0.2) is 0 Å². The maximum Gasteiger partial charge on any atom is 0.123 e. The second-order valence-corrected chi connectivity index (χ2v) is 16.1. The van der Waals surface area contributed by atoms with Crippen molar-refractivity contribution in [1.82, 2.24) is 0 Å². The van der Waals surface area contributed by atoms with Crippen LogP contribution in [0.15, 0.2) is 231 Å². The molecular formula is C59H38FN. The van der Waals surface area contributed by atoms with Gasteiger partial charge < -0.3 is 4.90 Å². The van der Waals surface area contributed by atoms with Gasteiger partial charge in [-0.25, -0.2) is 4.39 Å². The zero-order chi connectivity index (χ0) is 40.5. The summed E-state index contributed by atoms with van der Waals surface area (Å²) in [7, 11) is 0. The topological polar surface area (TPSA) is 3.24 Å². The van der Waals surface area contributed by atoms with E-state index >= 15 is 0 Å². The number of halogens is 1. The van der Waals surface area contributed by atoms with Crippen LogP contribution in [0.2, 0.25) is 0 Å². The maximum absolute atomic E-state index is 14.6. The molecule has 0 unspecified atom stereocenters. The molecule has 0 aliphatic heterocycles. The maximum atomic E-state index is 14.6. The van der Waals surface area contributed by atoms with E-state index in [-0.39, 0.29) is 5.82 Å². The van der Waals surface area contributed by atoms with E-state index in [1.165, 1.54) is 50.6 Å². The van der Waals surface area contributed by atoms with E-state index in [1.54, 1.807) is 12.1 Å². The molecule has 0 atom stereocenters. The molecule has 61 heavy (non-hydrogen) atoms. The molecule has 2 aliphatic carbocycles. The highest BCUT2D eigenvalue weighted by Crippen LogP contribution is 2.63. The van der Waals surface area contributed by atoms with Gasteiger partial charge in [0.2, 0.25) is 0 Å². The van der Waals surface area contributed by atoms with Crippen LogP contribution >= 0.6 is 0 Å². The van der Waals surface area contributed by atoms with E-state index in [2.05, 4.69) is 211 Å². The van der Waals surface area contributed by atoms with Gasteiger partial charge in [0.1, 0.15) is 5.82 Å². The van der Waals surface area contributed by atoms with E-state index in [0.29, 0.717) is 0 Å². The van der Waals surface area contributed by atoms with Crippen LogP contribution in [0.25, 0.3) is 66.4 Å². The van der Waals surface area contributed by atoms with E-state index in [1.807, 2.05) is 6.07 Å². The molecule has 0 fully saturated rings. The molecule has 2 heteroatoms. The minimum Gasteiger partial charge on any atom is -0.310 e. The first-order chi connectivity index (χ1) is 30.2. The lowest BCUT2D eigenvalue weighted by molar-refractivity contribution is 0.628. The lowest BCUT2D eigenvalue weighted by Crippen LogP contribution is -2.26. The smallest absolute Gasteiger partial charge is 0.123 e. The molecule has 0 bridgehead atoms. The van der Waals surface area contributed by atoms with E-state index in [0.717, 1.165) is 61.2 Å². The average molecular weight is 780 g/mol. The van der Waals surface area contributed by atoms with Crippen LogP contribution in [0, 0.1) is 5.82 Å². The number of fused-ring (bicyclic) bond motifs is 11. The molecule has 0 saturated carbocycles. The van der Waals surface area contributed by atoms with Crippen molar-refractivity contribution in [2.45, 2.75) is 5.41 Å². The fourth-order valence-electron chi connectivity index (χ4n) is 10.4. The summed E-state index contributed by atoms with van der Waals surface area (Å²) < 4.78 is 14.6. The lowest BCUT2D eigenvalue weighted by atomic mass is 9.70. The highest BCUT2D eigenvalue weighted by atomic mass is 19.1. The Bertz CT molecular complexity index is 3260. The van der Waals surface area contributed by atoms with Gasteiger partial charge in [0.25, 0.3) is 0 Å². The van der Waals surface area contributed by atoms with Crippen molar-refractivity contribution in [3.8, 4) is 55.6 Å². The molecule has 0 N–H and O–H groups in total. The van der Waals surface area contributed by atoms with E-state index < -0.39 is 5.41 Å². The molecule has 12 rings (SSSR count). The molecule has 286 valence electrons. The van der Waals surface area contributed by atoms with Crippen LogP contribution in [0.3, 0.4) is 0 Å². The zero-order valence-electron chi connectivity index (χ0n) is 33.3. The molecule has 0 heterocycles. The quantitative estimate of drug-likeness (QED) is 0.162. The number of hydrogen-bond donors (Lipinski definition) is 0. The summed E-state index contributed by atoms with van der Waals surface area (Å²) >= 11 is 0. The van der Waals surface area contributed by atoms with Crippen LogP contribution in [0.1, 0.15) is 22.3 Å². The minimum absolute atomic E-state index is 0.241. The minimum atomic E-state index is -0.461. The Kier molecular flexibility index (Phi) is 8.01. The molecule has 10 aromatic carbocycles. The number of nitrogens with zero attached hydrogens (tertiary/aromatic N) is 1. The summed E-state index contributed by atoms with van der Waals surface area (Å²) in [4.78, 5) is 2.43. The van der Waals surface area contributed by atoms with Gasteiger partial charge in [-0.15, -0.1) is 0 Å².